The second-order valence-electron chi connectivity index (χ2n) is 6.98. The van der Waals surface area contributed by atoms with Gasteiger partial charge >= 0.3 is 5.97 Å². The number of amides is 1. The SMILES string of the molecule is COC(=O)CC1c2cc(OC)c(OC)cc2CCN1C(=O)COc1ccccc1OC. The van der Waals surface area contributed by atoms with Gasteiger partial charge < -0.3 is 28.6 Å². The molecule has 0 fully saturated rings. The van der Waals surface area contributed by atoms with E-state index in [1.807, 2.05) is 18.2 Å². The fourth-order valence-electron chi connectivity index (χ4n) is 3.75. The average molecular weight is 429 g/mol. The van der Waals surface area contributed by atoms with Gasteiger partial charge in [0.25, 0.3) is 5.91 Å². The first kappa shape index (κ1) is 22.3. The van der Waals surface area contributed by atoms with Crippen molar-refractivity contribution in [2.45, 2.75) is 18.9 Å². The van der Waals surface area contributed by atoms with E-state index in [0.717, 1.165) is 11.1 Å². The van der Waals surface area contributed by atoms with Gasteiger partial charge in [0.15, 0.2) is 29.6 Å². The summed E-state index contributed by atoms with van der Waals surface area (Å²) in [4.78, 5) is 26.9. The number of ether oxygens (including phenoxy) is 5. The van der Waals surface area contributed by atoms with Gasteiger partial charge in [0.05, 0.1) is 40.9 Å². The molecule has 0 N–H and O–H groups in total. The van der Waals surface area contributed by atoms with E-state index >= 15 is 0 Å². The summed E-state index contributed by atoms with van der Waals surface area (Å²) in [5.74, 6) is 1.53. The number of carbonyl (C=O) groups is 2. The average Bonchev–Trinajstić information content (AvgIpc) is 2.81. The van der Waals surface area contributed by atoms with Gasteiger partial charge in [-0.15, -0.1) is 0 Å². The van der Waals surface area contributed by atoms with E-state index < -0.39 is 12.0 Å². The van der Waals surface area contributed by atoms with Crippen LogP contribution in [0.1, 0.15) is 23.6 Å². The smallest absolute Gasteiger partial charge is 0.307 e. The maximum Gasteiger partial charge on any atom is 0.307 e. The van der Waals surface area contributed by atoms with Crippen molar-refractivity contribution in [2.75, 3.05) is 41.6 Å². The quantitative estimate of drug-likeness (QED) is 0.597. The zero-order chi connectivity index (χ0) is 22.4. The number of benzene rings is 2. The monoisotopic (exact) mass is 429 g/mol. The molecule has 2 aromatic carbocycles. The molecule has 0 saturated carbocycles. The molecule has 8 nitrogen and oxygen atoms in total. The van der Waals surface area contributed by atoms with Gasteiger partial charge in [-0.05, 0) is 41.8 Å². The number of fused-ring (bicyclic) bond motifs is 1. The molecule has 0 aliphatic carbocycles. The number of methoxy groups -OCH3 is 4. The van der Waals surface area contributed by atoms with E-state index in [1.165, 1.54) is 7.11 Å². The molecule has 1 aliphatic heterocycles. The standard InChI is InChI=1S/C23H27NO7/c1-27-18-7-5-6-8-19(18)31-14-22(25)24-10-9-15-11-20(28-2)21(29-3)12-16(15)17(24)13-23(26)30-4/h5-8,11-12,17H,9-10,13-14H2,1-4H3. The molecule has 1 heterocycles. The third kappa shape index (κ3) is 4.84. The Morgan fingerprint density at radius 1 is 0.935 bits per heavy atom. The summed E-state index contributed by atoms with van der Waals surface area (Å²) in [6, 6.07) is 10.3. The molecule has 2 aromatic rings. The Bertz CT molecular complexity index is 944. The van der Waals surface area contributed by atoms with Crippen molar-refractivity contribution in [3.05, 3.63) is 47.5 Å². The fraction of sp³-hybridized carbons (Fsp3) is 0.391. The van der Waals surface area contributed by atoms with Crippen molar-refractivity contribution in [2.24, 2.45) is 0 Å². The van der Waals surface area contributed by atoms with Crippen molar-refractivity contribution < 1.29 is 33.3 Å². The van der Waals surface area contributed by atoms with Crippen LogP contribution >= 0.6 is 0 Å². The Morgan fingerprint density at radius 2 is 1.58 bits per heavy atom. The highest BCUT2D eigenvalue weighted by molar-refractivity contribution is 5.80. The third-order valence-corrected chi connectivity index (χ3v) is 5.33. The van der Waals surface area contributed by atoms with Gasteiger partial charge in [-0.1, -0.05) is 12.1 Å². The molecule has 1 amide bonds. The van der Waals surface area contributed by atoms with E-state index in [2.05, 4.69) is 0 Å². The largest absolute Gasteiger partial charge is 0.493 e. The van der Waals surface area contributed by atoms with Gasteiger partial charge in [-0.25, -0.2) is 0 Å². The Kier molecular flexibility index (Phi) is 7.23. The zero-order valence-corrected chi connectivity index (χ0v) is 18.2. The molecular weight excluding hydrogens is 402 g/mol. The maximum atomic E-state index is 13.1. The summed E-state index contributed by atoms with van der Waals surface area (Å²) >= 11 is 0. The van der Waals surface area contributed by atoms with E-state index in [-0.39, 0.29) is 18.9 Å². The third-order valence-electron chi connectivity index (χ3n) is 5.33. The van der Waals surface area contributed by atoms with E-state index in [9.17, 15) is 9.59 Å². The molecular formula is C23H27NO7. The molecule has 3 rings (SSSR count). The topological polar surface area (TPSA) is 83.5 Å². The zero-order valence-electron chi connectivity index (χ0n) is 18.2. The Balaban J connectivity index is 1.86. The molecule has 0 bridgehead atoms. The predicted octanol–water partition coefficient (Wildman–Crippen LogP) is 2.78. The van der Waals surface area contributed by atoms with Crippen LogP contribution in [0.3, 0.4) is 0 Å². The van der Waals surface area contributed by atoms with E-state index in [0.29, 0.717) is 36.0 Å². The number of rotatable bonds is 8. The van der Waals surface area contributed by atoms with Crippen LogP contribution in [-0.4, -0.2) is 58.4 Å². The molecule has 0 aromatic heterocycles. The van der Waals surface area contributed by atoms with Crippen LogP contribution in [0.5, 0.6) is 23.0 Å². The summed E-state index contributed by atoms with van der Waals surface area (Å²) in [6.07, 6.45) is 0.646. The molecule has 1 atom stereocenters. The number of carbonyl (C=O) groups excluding carboxylic acids is 2. The Hall–Kier alpha value is -3.42. The van der Waals surface area contributed by atoms with Crippen molar-refractivity contribution >= 4 is 11.9 Å². The van der Waals surface area contributed by atoms with Crippen LogP contribution in [0.2, 0.25) is 0 Å². The second kappa shape index (κ2) is 10.1. The van der Waals surface area contributed by atoms with Crippen LogP contribution < -0.4 is 18.9 Å². The van der Waals surface area contributed by atoms with Crippen molar-refractivity contribution in [1.82, 2.24) is 4.90 Å². The van der Waals surface area contributed by atoms with Gasteiger partial charge in [-0.2, -0.15) is 0 Å². The highest BCUT2D eigenvalue weighted by Gasteiger charge is 2.34. The normalized spacial score (nSPS) is 15.0. The lowest BCUT2D eigenvalue weighted by atomic mass is 9.90. The van der Waals surface area contributed by atoms with Crippen LogP contribution in [0.4, 0.5) is 0 Å². The lowest BCUT2D eigenvalue weighted by Gasteiger charge is -2.37. The van der Waals surface area contributed by atoms with Crippen LogP contribution in [0.15, 0.2) is 36.4 Å². The summed E-state index contributed by atoms with van der Waals surface area (Å²) in [6.45, 7) is 0.263. The molecule has 0 radical (unpaired) electrons. The van der Waals surface area contributed by atoms with Gasteiger partial charge in [0, 0.05) is 6.54 Å². The molecule has 0 spiro atoms. The molecule has 31 heavy (non-hydrogen) atoms. The molecule has 0 saturated heterocycles. The first-order chi connectivity index (χ1) is 15.0. The minimum atomic E-state index is -0.496. The fourth-order valence-corrected chi connectivity index (χ4v) is 3.75. The summed E-state index contributed by atoms with van der Waals surface area (Å²) in [7, 11) is 5.99. The summed E-state index contributed by atoms with van der Waals surface area (Å²) in [5.41, 5.74) is 1.83. The minimum absolute atomic E-state index is 0.0272. The van der Waals surface area contributed by atoms with Gasteiger partial charge in [0.2, 0.25) is 0 Å². The second-order valence-corrected chi connectivity index (χ2v) is 6.98. The van der Waals surface area contributed by atoms with E-state index in [4.69, 9.17) is 23.7 Å². The van der Waals surface area contributed by atoms with Gasteiger partial charge in [0.1, 0.15) is 0 Å². The number of hydrogen-bond acceptors (Lipinski definition) is 7. The van der Waals surface area contributed by atoms with Crippen LogP contribution in [-0.2, 0) is 20.7 Å². The highest BCUT2D eigenvalue weighted by Crippen LogP contribution is 2.39. The minimum Gasteiger partial charge on any atom is -0.493 e. The number of nitrogens with zero attached hydrogens (tertiary/aromatic N) is 1. The molecule has 8 heteroatoms. The first-order valence-corrected chi connectivity index (χ1v) is 9.89. The number of para-hydroxylation sites is 2. The number of hydrogen-bond donors (Lipinski definition) is 0. The van der Waals surface area contributed by atoms with Crippen LogP contribution in [0.25, 0.3) is 0 Å². The van der Waals surface area contributed by atoms with Crippen molar-refractivity contribution in [3.8, 4) is 23.0 Å². The molecule has 166 valence electrons. The Labute approximate surface area is 181 Å². The molecule has 1 unspecified atom stereocenters. The highest BCUT2D eigenvalue weighted by atomic mass is 16.5. The Morgan fingerprint density at radius 3 is 2.23 bits per heavy atom. The summed E-state index contributed by atoms with van der Waals surface area (Å²) < 4.78 is 26.7. The summed E-state index contributed by atoms with van der Waals surface area (Å²) in [5, 5.41) is 0. The predicted molar refractivity (Wildman–Crippen MR) is 113 cm³/mol. The maximum absolute atomic E-state index is 13.1. The lowest BCUT2D eigenvalue weighted by molar-refractivity contribution is -0.144. The first-order valence-electron chi connectivity index (χ1n) is 9.89. The molecule has 1 aliphatic rings. The van der Waals surface area contributed by atoms with E-state index in [1.54, 1.807) is 44.4 Å². The van der Waals surface area contributed by atoms with Crippen LogP contribution in [0, 0.1) is 0 Å². The van der Waals surface area contributed by atoms with Gasteiger partial charge in [-0.3, -0.25) is 9.59 Å². The lowest BCUT2D eigenvalue weighted by Crippen LogP contribution is -2.43. The van der Waals surface area contributed by atoms with Crippen molar-refractivity contribution in [3.63, 3.8) is 0 Å². The number of esters is 1. The van der Waals surface area contributed by atoms with Crippen molar-refractivity contribution in [1.29, 1.82) is 0 Å².